The molecule has 1 unspecified atom stereocenters. The van der Waals surface area contributed by atoms with Crippen LogP contribution in [0.1, 0.15) is 26.9 Å². The van der Waals surface area contributed by atoms with Gasteiger partial charge in [0.15, 0.2) is 0 Å². The van der Waals surface area contributed by atoms with E-state index < -0.39 is 0 Å². The van der Waals surface area contributed by atoms with E-state index >= 15 is 0 Å². The minimum absolute atomic E-state index is 0.115. The molecule has 1 amide bonds. The normalized spacial score (nSPS) is 15.6. The number of carbonyl (C=O) groups is 1. The zero-order chi connectivity index (χ0) is 13.9. The molecule has 0 aliphatic carbocycles. The standard InChI is InChI=1S/C16H14ClNO2/c17-15(11-4-2-1-3-5-11)12-6-7-14-13(10-12)16(19)18-8-9-20-14/h1-7,10,15H,8-9H2,(H,18,19). The minimum Gasteiger partial charge on any atom is -0.491 e. The first-order valence-corrected chi connectivity index (χ1v) is 6.93. The maximum Gasteiger partial charge on any atom is 0.255 e. The number of nitrogens with one attached hydrogen (secondary N) is 1. The van der Waals surface area contributed by atoms with E-state index in [4.69, 9.17) is 16.3 Å². The van der Waals surface area contributed by atoms with Crippen molar-refractivity contribution in [3.63, 3.8) is 0 Å². The van der Waals surface area contributed by atoms with E-state index in [1.807, 2.05) is 42.5 Å². The van der Waals surface area contributed by atoms with Crippen LogP contribution in [0.2, 0.25) is 0 Å². The third-order valence-corrected chi connectivity index (χ3v) is 3.78. The average molecular weight is 288 g/mol. The van der Waals surface area contributed by atoms with Gasteiger partial charge < -0.3 is 10.1 Å². The first kappa shape index (κ1) is 13.0. The number of benzene rings is 2. The van der Waals surface area contributed by atoms with E-state index in [1.54, 1.807) is 6.07 Å². The molecular weight excluding hydrogens is 274 g/mol. The van der Waals surface area contributed by atoms with Gasteiger partial charge in [0.05, 0.1) is 17.5 Å². The van der Waals surface area contributed by atoms with Crippen molar-refractivity contribution in [2.45, 2.75) is 5.38 Å². The van der Waals surface area contributed by atoms with Crippen molar-refractivity contribution >= 4 is 17.5 Å². The van der Waals surface area contributed by atoms with Crippen LogP contribution in [0.3, 0.4) is 0 Å². The maximum atomic E-state index is 12.0. The van der Waals surface area contributed by atoms with Crippen LogP contribution >= 0.6 is 11.6 Å². The first-order valence-electron chi connectivity index (χ1n) is 6.49. The van der Waals surface area contributed by atoms with Crippen LogP contribution in [-0.4, -0.2) is 19.1 Å². The predicted octanol–water partition coefficient (Wildman–Crippen LogP) is 3.14. The van der Waals surface area contributed by atoms with Gasteiger partial charge in [-0.2, -0.15) is 0 Å². The van der Waals surface area contributed by atoms with Crippen LogP contribution in [0.5, 0.6) is 5.75 Å². The van der Waals surface area contributed by atoms with Crippen LogP contribution in [-0.2, 0) is 0 Å². The highest BCUT2D eigenvalue weighted by Gasteiger charge is 2.19. The number of carbonyl (C=O) groups excluding carboxylic acids is 1. The van der Waals surface area contributed by atoms with Gasteiger partial charge in [-0.3, -0.25) is 4.79 Å². The molecule has 4 heteroatoms. The molecule has 0 radical (unpaired) electrons. The molecule has 0 spiro atoms. The molecular formula is C16H14ClNO2. The van der Waals surface area contributed by atoms with Crippen molar-refractivity contribution in [1.29, 1.82) is 0 Å². The molecule has 0 saturated carbocycles. The highest BCUT2D eigenvalue weighted by atomic mass is 35.5. The third kappa shape index (κ3) is 2.49. The molecule has 2 aromatic carbocycles. The number of ether oxygens (including phenoxy) is 1. The van der Waals surface area contributed by atoms with E-state index in [-0.39, 0.29) is 11.3 Å². The zero-order valence-corrected chi connectivity index (χ0v) is 11.6. The van der Waals surface area contributed by atoms with Gasteiger partial charge in [0.1, 0.15) is 12.4 Å². The quantitative estimate of drug-likeness (QED) is 0.862. The Bertz CT molecular complexity index is 628. The fourth-order valence-corrected chi connectivity index (χ4v) is 2.52. The lowest BCUT2D eigenvalue weighted by Gasteiger charge is -2.13. The van der Waals surface area contributed by atoms with Gasteiger partial charge in [-0.15, -0.1) is 11.6 Å². The van der Waals surface area contributed by atoms with Crippen molar-refractivity contribution in [3.8, 4) is 5.75 Å². The maximum absolute atomic E-state index is 12.0. The van der Waals surface area contributed by atoms with Gasteiger partial charge >= 0.3 is 0 Å². The summed E-state index contributed by atoms with van der Waals surface area (Å²) in [5, 5.41) is 2.52. The third-order valence-electron chi connectivity index (χ3n) is 3.28. The van der Waals surface area contributed by atoms with Gasteiger partial charge in [0.25, 0.3) is 5.91 Å². The Balaban J connectivity index is 1.98. The van der Waals surface area contributed by atoms with E-state index in [2.05, 4.69) is 5.32 Å². The number of halogens is 1. The number of alkyl halides is 1. The largest absolute Gasteiger partial charge is 0.491 e. The monoisotopic (exact) mass is 287 g/mol. The Morgan fingerprint density at radius 2 is 1.90 bits per heavy atom. The van der Waals surface area contributed by atoms with E-state index in [9.17, 15) is 4.79 Å². The Morgan fingerprint density at radius 1 is 1.10 bits per heavy atom. The summed E-state index contributed by atoms with van der Waals surface area (Å²) in [5.74, 6) is 0.497. The molecule has 1 heterocycles. The van der Waals surface area contributed by atoms with Crippen LogP contribution in [0.4, 0.5) is 0 Å². The second kappa shape index (κ2) is 5.55. The van der Waals surface area contributed by atoms with Gasteiger partial charge in [0.2, 0.25) is 0 Å². The summed E-state index contributed by atoms with van der Waals surface area (Å²) >= 11 is 6.49. The Morgan fingerprint density at radius 3 is 2.70 bits per heavy atom. The molecule has 0 saturated heterocycles. The van der Waals surface area contributed by atoms with Crippen LogP contribution in [0.15, 0.2) is 48.5 Å². The Hall–Kier alpha value is -2.00. The molecule has 1 aliphatic heterocycles. The van der Waals surface area contributed by atoms with Crippen molar-refractivity contribution < 1.29 is 9.53 Å². The number of hydrogen-bond donors (Lipinski definition) is 1. The minimum atomic E-state index is -0.280. The fraction of sp³-hybridized carbons (Fsp3) is 0.188. The highest BCUT2D eigenvalue weighted by Crippen LogP contribution is 2.32. The average Bonchev–Trinajstić information content (AvgIpc) is 2.69. The first-order chi connectivity index (χ1) is 9.75. The van der Waals surface area contributed by atoms with Crippen molar-refractivity contribution in [2.75, 3.05) is 13.2 Å². The lowest BCUT2D eigenvalue weighted by molar-refractivity contribution is 0.0957. The zero-order valence-electron chi connectivity index (χ0n) is 10.8. The molecule has 0 fully saturated rings. The van der Waals surface area contributed by atoms with E-state index in [0.717, 1.165) is 11.1 Å². The summed E-state index contributed by atoms with van der Waals surface area (Å²) in [4.78, 5) is 12.0. The number of fused-ring (bicyclic) bond motifs is 1. The molecule has 3 nitrogen and oxygen atoms in total. The summed E-state index contributed by atoms with van der Waals surface area (Å²) in [7, 11) is 0. The van der Waals surface area contributed by atoms with Crippen LogP contribution < -0.4 is 10.1 Å². The lowest BCUT2D eigenvalue weighted by Crippen LogP contribution is -2.24. The molecule has 0 bridgehead atoms. The van der Waals surface area contributed by atoms with Gasteiger partial charge in [0, 0.05) is 0 Å². The van der Waals surface area contributed by atoms with E-state index in [1.165, 1.54) is 0 Å². The number of amides is 1. The molecule has 1 atom stereocenters. The molecule has 102 valence electrons. The van der Waals surface area contributed by atoms with Crippen molar-refractivity contribution in [2.24, 2.45) is 0 Å². The predicted molar refractivity (Wildman–Crippen MR) is 78.4 cm³/mol. The van der Waals surface area contributed by atoms with Gasteiger partial charge in [-0.1, -0.05) is 36.4 Å². The number of rotatable bonds is 2. The van der Waals surface area contributed by atoms with Gasteiger partial charge in [-0.05, 0) is 23.3 Å². The smallest absolute Gasteiger partial charge is 0.255 e. The van der Waals surface area contributed by atoms with Crippen LogP contribution in [0, 0.1) is 0 Å². The summed E-state index contributed by atoms with van der Waals surface area (Å²) in [6, 6.07) is 15.3. The molecule has 1 N–H and O–H groups in total. The molecule has 2 aromatic rings. The SMILES string of the molecule is O=C1NCCOc2ccc(C(Cl)c3ccccc3)cc21. The topological polar surface area (TPSA) is 38.3 Å². The molecule has 20 heavy (non-hydrogen) atoms. The molecule has 1 aliphatic rings. The fourth-order valence-electron chi connectivity index (χ4n) is 2.24. The Kier molecular flexibility index (Phi) is 3.61. The van der Waals surface area contributed by atoms with E-state index in [0.29, 0.717) is 24.5 Å². The van der Waals surface area contributed by atoms with Crippen molar-refractivity contribution in [3.05, 3.63) is 65.2 Å². The van der Waals surface area contributed by atoms with Gasteiger partial charge in [-0.25, -0.2) is 0 Å². The summed E-state index contributed by atoms with van der Waals surface area (Å²) in [5.41, 5.74) is 2.43. The highest BCUT2D eigenvalue weighted by molar-refractivity contribution is 6.22. The number of hydrogen-bond acceptors (Lipinski definition) is 2. The second-order valence-corrected chi connectivity index (χ2v) is 5.07. The second-order valence-electron chi connectivity index (χ2n) is 4.63. The van der Waals surface area contributed by atoms with Crippen molar-refractivity contribution in [1.82, 2.24) is 5.32 Å². The summed E-state index contributed by atoms with van der Waals surface area (Å²) in [6.45, 7) is 1.01. The molecule has 3 rings (SSSR count). The van der Waals surface area contributed by atoms with Crippen LogP contribution in [0.25, 0.3) is 0 Å². The summed E-state index contributed by atoms with van der Waals surface area (Å²) < 4.78 is 5.53. The lowest BCUT2D eigenvalue weighted by atomic mass is 10.0. The Labute approximate surface area is 122 Å². The molecule has 0 aromatic heterocycles. The summed E-state index contributed by atoms with van der Waals surface area (Å²) in [6.07, 6.45) is 0.